The number of aromatic nitrogens is 2. The molecule has 0 bridgehead atoms. The van der Waals surface area contributed by atoms with E-state index < -0.39 is 0 Å². The summed E-state index contributed by atoms with van der Waals surface area (Å²) in [6.07, 6.45) is 0. The second-order valence-corrected chi connectivity index (χ2v) is 6.00. The summed E-state index contributed by atoms with van der Waals surface area (Å²) in [7, 11) is 1.84. The number of carbonyl (C=O) groups excluding carboxylic acids is 1. The van der Waals surface area contributed by atoms with Gasteiger partial charge in [-0.3, -0.25) is 9.48 Å². The summed E-state index contributed by atoms with van der Waals surface area (Å²) in [5.74, 6) is 0.356. The van der Waals surface area contributed by atoms with Crippen LogP contribution in [0.5, 0.6) is 0 Å². The van der Waals surface area contributed by atoms with E-state index in [9.17, 15) is 4.79 Å². The molecular weight excluding hydrogens is 270 g/mol. The van der Waals surface area contributed by atoms with E-state index in [0.29, 0.717) is 24.7 Å². The Kier molecular flexibility index (Phi) is 4.60. The number of thiophene rings is 1. The zero-order valence-electron chi connectivity index (χ0n) is 12.5. The molecular formula is C15H21N3OS. The van der Waals surface area contributed by atoms with Crippen molar-refractivity contribution in [2.45, 2.75) is 39.8 Å². The summed E-state index contributed by atoms with van der Waals surface area (Å²) >= 11 is 1.65. The Balaban J connectivity index is 2.19. The van der Waals surface area contributed by atoms with Crippen LogP contribution in [-0.4, -0.2) is 27.6 Å². The van der Waals surface area contributed by atoms with Gasteiger partial charge in [-0.1, -0.05) is 13.8 Å². The van der Waals surface area contributed by atoms with Gasteiger partial charge < -0.3 is 4.90 Å². The number of aryl methyl sites for hydroxylation is 1. The Morgan fingerprint density at radius 1 is 1.50 bits per heavy atom. The van der Waals surface area contributed by atoms with Crippen molar-refractivity contribution < 1.29 is 4.79 Å². The standard InChI is InChI=1S/C15H21N3OS/c1-5-18-14(8-13(16-18)11(2)3)15(19)17(4)9-12-6-7-20-10-12/h6-8,10-11H,5,9H2,1-4H3. The van der Waals surface area contributed by atoms with Gasteiger partial charge in [-0.05, 0) is 41.3 Å². The Hall–Kier alpha value is -1.62. The maximum Gasteiger partial charge on any atom is 0.272 e. The molecule has 108 valence electrons. The minimum atomic E-state index is 0.0254. The fraction of sp³-hybridized carbons (Fsp3) is 0.467. The van der Waals surface area contributed by atoms with Crippen LogP contribution in [0.3, 0.4) is 0 Å². The van der Waals surface area contributed by atoms with Crippen molar-refractivity contribution in [3.05, 3.63) is 39.8 Å². The lowest BCUT2D eigenvalue weighted by molar-refractivity contribution is 0.0773. The normalized spacial score (nSPS) is 11.1. The fourth-order valence-electron chi connectivity index (χ4n) is 2.06. The van der Waals surface area contributed by atoms with Gasteiger partial charge in [-0.25, -0.2) is 0 Å². The summed E-state index contributed by atoms with van der Waals surface area (Å²) in [5.41, 5.74) is 2.81. The molecule has 0 aromatic carbocycles. The van der Waals surface area contributed by atoms with E-state index >= 15 is 0 Å². The zero-order chi connectivity index (χ0) is 14.7. The van der Waals surface area contributed by atoms with Gasteiger partial charge in [0.25, 0.3) is 5.91 Å². The first-order valence-electron chi connectivity index (χ1n) is 6.87. The lowest BCUT2D eigenvalue weighted by Crippen LogP contribution is -2.28. The molecule has 0 fully saturated rings. The molecule has 5 heteroatoms. The number of rotatable bonds is 5. The number of hydrogen-bond acceptors (Lipinski definition) is 3. The van der Waals surface area contributed by atoms with E-state index in [1.165, 1.54) is 0 Å². The van der Waals surface area contributed by atoms with Gasteiger partial charge in [0.05, 0.1) is 5.69 Å². The molecule has 4 nitrogen and oxygen atoms in total. The zero-order valence-corrected chi connectivity index (χ0v) is 13.3. The minimum Gasteiger partial charge on any atom is -0.336 e. The van der Waals surface area contributed by atoms with E-state index in [1.54, 1.807) is 20.9 Å². The third-order valence-electron chi connectivity index (χ3n) is 3.26. The minimum absolute atomic E-state index is 0.0254. The Labute approximate surface area is 124 Å². The molecule has 1 amide bonds. The molecule has 0 saturated carbocycles. The van der Waals surface area contributed by atoms with E-state index in [-0.39, 0.29) is 5.91 Å². The van der Waals surface area contributed by atoms with Crippen LogP contribution in [-0.2, 0) is 13.1 Å². The highest BCUT2D eigenvalue weighted by Gasteiger charge is 2.19. The van der Waals surface area contributed by atoms with Crippen LogP contribution in [0.4, 0.5) is 0 Å². The second kappa shape index (κ2) is 6.22. The molecule has 2 aromatic heterocycles. The van der Waals surface area contributed by atoms with Crippen LogP contribution >= 0.6 is 11.3 Å². The molecule has 2 aromatic rings. The van der Waals surface area contributed by atoms with Gasteiger partial charge in [-0.2, -0.15) is 16.4 Å². The summed E-state index contributed by atoms with van der Waals surface area (Å²) < 4.78 is 1.79. The van der Waals surface area contributed by atoms with Crippen molar-refractivity contribution in [2.75, 3.05) is 7.05 Å². The first-order valence-corrected chi connectivity index (χ1v) is 7.81. The van der Waals surface area contributed by atoms with Gasteiger partial charge in [0.2, 0.25) is 0 Å². The summed E-state index contributed by atoms with van der Waals surface area (Å²) in [6, 6.07) is 3.96. The molecule has 0 N–H and O–H groups in total. The predicted molar refractivity (Wildman–Crippen MR) is 82.1 cm³/mol. The number of hydrogen-bond donors (Lipinski definition) is 0. The lowest BCUT2D eigenvalue weighted by atomic mass is 10.1. The highest BCUT2D eigenvalue weighted by Crippen LogP contribution is 2.17. The van der Waals surface area contributed by atoms with Crippen LogP contribution in [0, 0.1) is 0 Å². The molecule has 0 aliphatic carbocycles. The maximum absolute atomic E-state index is 12.6. The van der Waals surface area contributed by atoms with E-state index in [4.69, 9.17) is 0 Å². The maximum atomic E-state index is 12.6. The molecule has 0 aliphatic rings. The SMILES string of the molecule is CCn1nc(C(C)C)cc1C(=O)N(C)Cc1ccsc1. The average molecular weight is 291 g/mol. The van der Waals surface area contributed by atoms with E-state index in [2.05, 4.69) is 24.3 Å². The fourth-order valence-corrected chi connectivity index (χ4v) is 2.72. The second-order valence-electron chi connectivity index (χ2n) is 5.22. The molecule has 0 atom stereocenters. The third-order valence-corrected chi connectivity index (χ3v) is 3.99. The van der Waals surface area contributed by atoms with Crippen molar-refractivity contribution in [3.63, 3.8) is 0 Å². The molecule has 20 heavy (non-hydrogen) atoms. The molecule has 0 saturated heterocycles. The Morgan fingerprint density at radius 2 is 2.25 bits per heavy atom. The monoisotopic (exact) mass is 291 g/mol. The van der Waals surface area contributed by atoms with E-state index in [1.807, 2.05) is 31.5 Å². The molecule has 0 radical (unpaired) electrons. The smallest absolute Gasteiger partial charge is 0.272 e. The molecule has 2 rings (SSSR count). The lowest BCUT2D eigenvalue weighted by Gasteiger charge is -2.16. The summed E-state index contributed by atoms with van der Waals surface area (Å²) in [6.45, 7) is 7.53. The summed E-state index contributed by atoms with van der Waals surface area (Å²) in [4.78, 5) is 14.3. The quantitative estimate of drug-likeness (QED) is 0.847. The van der Waals surface area contributed by atoms with Crippen LogP contribution in [0.15, 0.2) is 22.9 Å². The topological polar surface area (TPSA) is 38.1 Å². The third kappa shape index (κ3) is 3.10. The number of nitrogens with zero attached hydrogens (tertiary/aromatic N) is 3. The highest BCUT2D eigenvalue weighted by molar-refractivity contribution is 7.07. The van der Waals surface area contributed by atoms with Crippen LogP contribution in [0.25, 0.3) is 0 Å². The summed E-state index contributed by atoms with van der Waals surface area (Å²) in [5, 5.41) is 8.60. The van der Waals surface area contributed by atoms with Gasteiger partial charge >= 0.3 is 0 Å². The number of amides is 1. The highest BCUT2D eigenvalue weighted by atomic mass is 32.1. The first kappa shape index (κ1) is 14.8. The van der Waals surface area contributed by atoms with Crippen LogP contribution in [0.2, 0.25) is 0 Å². The Morgan fingerprint density at radius 3 is 2.80 bits per heavy atom. The van der Waals surface area contributed by atoms with Crippen molar-refractivity contribution in [3.8, 4) is 0 Å². The molecule has 0 spiro atoms. The predicted octanol–water partition coefficient (Wildman–Crippen LogP) is 3.36. The van der Waals surface area contributed by atoms with E-state index in [0.717, 1.165) is 11.3 Å². The van der Waals surface area contributed by atoms with Gasteiger partial charge in [0.1, 0.15) is 5.69 Å². The van der Waals surface area contributed by atoms with Crippen molar-refractivity contribution in [1.82, 2.24) is 14.7 Å². The van der Waals surface area contributed by atoms with Gasteiger partial charge in [0, 0.05) is 20.1 Å². The van der Waals surface area contributed by atoms with Crippen LogP contribution in [0.1, 0.15) is 48.4 Å². The molecule has 0 unspecified atom stereocenters. The average Bonchev–Trinajstić information content (AvgIpc) is 3.06. The molecule has 0 aliphatic heterocycles. The largest absolute Gasteiger partial charge is 0.336 e. The van der Waals surface area contributed by atoms with Crippen molar-refractivity contribution in [1.29, 1.82) is 0 Å². The van der Waals surface area contributed by atoms with Crippen molar-refractivity contribution in [2.24, 2.45) is 0 Å². The van der Waals surface area contributed by atoms with Gasteiger partial charge in [0.15, 0.2) is 0 Å². The van der Waals surface area contributed by atoms with Crippen molar-refractivity contribution >= 4 is 17.2 Å². The van der Waals surface area contributed by atoms with Crippen LogP contribution < -0.4 is 0 Å². The van der Waals surface area contributed by atoms with Gasteiger partial charge in [-0.15, -0.1) is 0 Å². The molecule has 2 heterocycles. The first-order chi connectivity index (χ1) is 9.52. The number of carbonyl (C=O) groups is 1. The Bertz CT molecular complexity index is 572.